The Morgan fingerprint density at radius 3 is 2.30 bits per heavy atom. The van der Waals surface area contributed by atoms with Gasteiger partial charge < -0.3 is 31.3 Å². The summed E-state index contributed by atoms with van der Waals surface area (Å²) < 4.78 is 7.00. The third kappa shape index (κ3) is 4.13. The van der Waals surface area contributed by atoms with Gasteiger partial charge in [-0.05, 0) is 41.7 Å². The number of thiophene rings is 2. The number of esters is 1. The van der Waals surface area contributed by atoms with Gasteiger partial charge in [0.15, 0.2) is 6.10 Å². The number of fused-ring (bicyclic) bond motifs is 3. The van der Waals surface area contributed by atoms with Crippen LogP contribution in [-0.2, 0) is 15.1 Å². The van der Waals surface area contributed by atoms with E-state index in [1.165, 1.54) is 35.5 Å². The fourth-order valence-electron chi connectivity index (χ4n) is 4.68. The standard InChI is InChI=1S/C23H26NO3S2.BrH/c25-22(23(26,20-5-2-14-28-20)21-6-3-15-29-21)27-19-16-24(11-1-4-17-7-8-17)12-9-18(19)10-13-24;/h2-3,5-6,14-15,17-19,26H,7-13,16H2;1H/q+1;/p-1/t18?,19-,24?;/m0./s1. The van der Waals surface area contributed by atoms with E-state index in [1.54, 1.807) is 0 Å². The van der Waals surface area contributed by atoms with E-state index in [0.717, 1.165) is 43.5 Å². The molecule has 0 aromatic carbocycles. The molecule has 1 aliphatic carbocycles. The number of carbonyl (C=O) groups excluding carboxylic acids is 1. The molecule has 0 amide bonds. The molecular formula is C23H26BrNO3S2. The van der Waals surface area contributed by atoms with E-state index in [1.807, 2.05) is 35.0 Å². The van der Waals surface area contributed by atoms with Gasteiger partial charge in [0, 0.05) is 24.7 Å². The van der Waals surface area contributed by atoms with Gasteiger partial charge in [-0.15, -0.1) is 22.7 Å². The lowest BCUT2D eigenvalue weighted by Gasteiger charge is -2.51. The molecule has 1 N–H and O–H groups in total. The van der Waals surface area contributed by atoms with Gasteiger partial charge in [0.2, 0.25) is 5.60 Å². The van der Waals surface area contributed by atoms with E-state index in [9.17, 15) is 9.90 Å². The summed E-state index contributed by atoms with van der Waals surface area (Å²) in [5.41, 5.74) is -1.72. The maximum atomic E-state index is 13.3. The monoisotopic (exact) mass is 507 g/mol. The lowest BCUT2D eigenvalue weighted by molar-refractivity contribution is -0.939. The van der Waals surface area contributed by atoms with Crippen molar-refractivity contribution in [2.45, 2.75) is 37.4 Å². The summed E-state index contributed by atoms with van der Waals surface area (Å²) in [5.74, 6) is 7.28. The van der Waals surface area contributed by atoms with Crippen LogP contribution in [0.3, 0.4) is 0 Å². The molecule has 1 atom stereocenters. The summed E-state index contributed by atoms with van der Waals surface area (Å²) in [5, 5.41) is 15.3. The average Bonchev–Trinajstić information content (AvgIpc) is 3.19. The van der Waals surface area contributed by atoms with Gasteiger partial charge in [-0.3, -0.25) is 0 Å². The SMILES string of the molecule is O=C(O[C@H]1C[N+]2(CC#CC3CC3)CCC1CC2)C(O)(c1cccs1)c1cccs1.[Br-]. The summed E-state index contributed by atoms with van der Waals surface area (Å²) in [4.78, 5) is 14.6. The summed E-state index contributed by atoms with van der Waals surface area (Å²) >= 11 is 2.77. The maximum absolute atomic E-state index is 13.3. The second-order valence-electron chi connectivity index (χ2n) is 8.67. The number of halogens is 1. The van der Waals surface area contributed by atoms with Crippen LogP contribution in [0, 0.1) is 23.7 Å². The zero-order chi connectivity index (χ0) is 19.9. The molecule has 4 nitrogen and oxygen atoms in total. The van der Waals surface area contributed by atoms with Crippen LogP contribution in [0.1, 0.15) is 35.4 Å². The first kappa shape index (κ1) is 22.0. The van der Waals surface area contributed by atoms with Crippen molar-refractivity contribution in [3.8, 4) is 11.8 Å². The number of ether oxygens (including phenoxy) is 1. The normalized spacial score (nSPS) is 27.6. The highest BCUT2D eigenvalue weighted by atomic mass is 79.9. The minimum atomic E-state index is -1.72. The van der Waals surface area contributed by atoms with Crippen molar-refractivity contribution in [2.24, 2.45) is 11.8 Å². The molecule has 6 rings (SSSR count). The Morgan fingerprint density at radius 1 is 1.13 bits per heavy atom. The maximum Gasteiger partial charge on any atom is 0.349 e. The Kier molecular flexibility index (Phi) is 6.43. The molecule has 3 saturated heterocycles. The highest BCUT2D eigenvalue weighted by molar-refractivity contribution is 7.12. The molecule has 1 saturated carbocycles. The van der Waals surface area contributed by atoms with Crippen molar-refractivity contribution in [2.75, 3.05) is 26.2 Å². The zero-order valence-electron chi connectivity index (χ0n) is 16.8. The Bertz CT molecular complexity index is 885. The average molecular weight is 509 g/mol. The summed E-state index contributed by atoms with van der Waals surface area (Å²) in [6.45, 7) is 3.93. The summed E-state index contributed by atoms with van der Waals surface area (Å²) in [6.07, 6.45) is 4.50. The van der Waals surface area contributed by atoms with Crippen molar-refractivity contribution < 1.29 is 36.1 Å². The molecule has 5 heterocycles. The van der Waals surface area contributed by atoms with E-state index in [0.29, 0.717) is 21.6 Å². The highest BCUT2D eigenvalue weighted by Gasteiger charge is 2.51. The quantitative estimate of drug-likeness (QED) is 0.366. The van der Waals surface area contributed by atoms with E-state index in [4.69, 9.17) is 4.74 Å². The van der Waals surface area contributed by atoms with Crippen LogP contribution >= 0.6 is 22.7 Å². The Hall–Kier alpha value is -1.17. The van der Waals surface area contributed by atoms with Crippen LogP contribution < -0.4 is 17.0 Å². The van der Waals surface area contributed by atoms with Crippen molar-refractivity contribution in [3.63, 3.8) is 0 Å². The first-order valence-electron chi connectivity index (χ1n) is 10.4. The first-order valence-corrected chi connectivity index (χ1v) is 12.2. The molecular weight excluding hydrogens is 482 g/mol. The highest BCUT2D eigenvalue weighted by Crippen LogP contribution is 2.40. The smallest absolute Gasteiger partial charge is 0.349 e. The lowest BCUT2D eigenvalue weighted by atomic mass is 9.83. The molecule has 4 aliphatic rings. The van der Waals surface area contributed by atoms with E-state index < -0.39 is 11.6 Å². The Labute approximate surface area is 196 Å². The van der Waals surface area contributed by atoms with Gasteiger partial charge >= 0.3 is 5.97 Å². The van der Waals surface area contributed by atoms with Crippen LogP contribution in [0.15, 0.2) is 35.0 Å². The van der Waals surface area contributed by atoms with Crippen molar-refractivity contribution in [1.82, 2.24) is 0 Å². The predicted molar refractivity (Wildman–Crippen MR) is 114 cm³/mol. The molecule has 7 heteroatoms. The first-order chi connectivity index (χ1) is 14.1. The number of hydrogen-bond acceptors (Lipinski definition) is 5. The number of aliphatic hydroxyl groups is 1. The Morgan fingerprint density at radius 2 is 1.77 bits per heavy atom. The second kappa shape index (κ2) is 8.76. The largest absolute Gasteiger partial charge is 1.00 e. The molecule has 4 fully saturated rings. The van der Waals surface area contributed by atoms with Crippen molar-refractivity contribution in [1.29, 1.82) is 0 Å². The molecule has 2 aromatic rings. The number of hydrogen-bond donors (Lipinski definition) is 1. The number of rotatable bonds is 5. The minimum absolute atomic E-state index is 0. The number of nitrogens with zero attached hydrogens (tertiary/aromatic N) is 1. The number of quaternary nitrogens is 1. The van der Waals surface area contributed by atoms with Crippen LogP contribution in [-0.4, -0.2) is 47.8 Å². The van der Waals surface area contributed by atoms with Crippen LogP contribution in [0.4, 0.5) is 0 Å². The van der Waals surface area contributed by atoms with Gasteiger partial charge in [-0.2, -0.15) is 0 Å². The topological polar surface area (TPSA) is 46.5 Å². The van der Waals surface area contributed by atoms with Crippen LogP contribution in [0.25, 0.3) is 0 Å². The summed E-state index contributed by atoms with van der Waals surface area (Å²) in [7, 11) is 0. The second-order valence-corrected chi connectivity index (χ2v) is 10.6. The minimum Gasteiger partial charge on any atom is -1.00 e. The van der Waals surface area contributed by atoms with E-state index in [2.05, 4.69) is 11.8 Å². The third-order valence-corrected chi connectivity index (χ3v) is 8.61. The zero-order valence-corrected chi connectivity index (χ0v) is 20.0. The Balaban J connectivity index is 0.00000218. The van der Waals surface area contributed by atoms with Gasteiger partial charge in [0.05, 0.1) is 22.8 Å². The fraction of sp³-hybridized carbons (Fsp3) is 0.522. The molecule has 160 valence electrons. The van der Waals surface area contributed by atoms with Crippen molar-refractivity contribution in [3.05, 3.63) is 44.8 Å². The van der Waals surface area contributed by atoms with Crippen LogP contribution in [0.2, 0.25) is 0 Å². The van der Waals surface area contributed by atoms with Gasteiger partial charge in [0.25, 0.3) is 0 Å². The molecule has 2 bridgehead atoms. The van der Waals surface area contributed by atoms with Gasteiger partial charge in [-0.25, -0.2) is 4.79 Å². The lowest BCUT2D eigenvalue weighted by Crippen LogP contribution is -3.00. The molecule has 0 unspecified atom stereocenters. The number of carbonyl (C=O) groups is 1. The van der Waals surface area contributed by atoms with Gasteiger partial charge in [0.1, 0.15) is 13.1 Å². The molecule has 0 spiro atoms. The molecule has 30 heavy (non-hydrogen) atoms. The molecule has 0 radical (unpaired) electrons. The van der Waals surface area contributed by atoms with Crippen LogP contribution in [0.5, 0.6) is 0 Å². The summed E-state index contributed by atoms with van der Waals surface area (Å²) in [6, 6.07) is 7.34. The van der Waals surface area contributed by atoms with Crippen molar-refractivity contribution >= 4 is 28.6 Å². The third-order valence-electron chi connectivity index (χ3n) is 6.65. The van der Waals surface area contributed by atoms with E-state index >= 15 is 0 Å². The van der Waals surface area contributed by atoms with E-state index in [-0.39, 0.29) is 23.1 Å². The fourth-order valence-corrected chi connectivity index (χ4v) is 6.39. The van der Waals surface area contributed by atoms with Gasteiger partial charge in [-0.1, -0.05) is 18.1 Å². The predicted octanol–water partition coefficient (Wildman–Crippen LogP) is 0.615. The molecule has 3 aliphatic heterocycles. The molecule has 2 aromatic heterocycles. The number of piperidine rings is 3.